The third-order valence-corrected chi connectivity index (χ3v) is 6.91. The predicted octanol–water partition coefficient (Wildman–Crippen LogP) is 5.72. The minimum atomic E-state index is -0.612. The molecule has 0 unspecified atom stereocenters. The fourth-order valence-electron chi connectivity index (χ4n) is 4.56. The first-order chi connectivity index (χ1) is 19.0. The fraction of sp³-hybridized carbons (Fsp3) is 0.414. The van der Waals surface area contributed by atoms with Gasteiger partial charge >= 0.3 is 6.09 Å². The summed E-state index contributed by atoms with van der Waals surface area (Å²) in [4.78, 5) is 24.3. The van der Waals surface area contributed by atoms with Crippen molar-refractivity contribution < 1.29 is 23.4 Å². The molecule has 1 N–H and O–H groups in total. The summed E-state index contributed by atoms with van der Waals surface area (Å²) < 4.78 is 29.5. The number of nitrogens with zero attached hydrogens (tertiary/aromatic N) is 3. The van der Waals surface area contributed by atoms with E-state index in [2.05, 4.69) is 5.32 Å². The smallest absolute Gasteiger partial charge is 0.410 e. The molecular weight excluding hydrogens is 523 g/mol. The molecule has 8 nitrogen and oxygen atoms in total. The Morgan fingerprint density at radius 2 is 1.87 bits per heavy atom. The third kappa shape index (κ3) is 6.96. The van der Waals surface area contributed by atoms with Gasteiger partial charge in [0.2, 0.25) is 0 Å². The molecule has 4 rings (SSSR count). The van der Waals surface area contributed by atoms with Crippen molar-refractivity contribution in [3.63, 3.8) is 0 Å². The summed E-state index contributed by atoms with van der Waals surface area (Å²) in [5.41, 5.74) is 3.93. The number of alkyl halides is 1. The van der Waals surface area contributed by atoms with E-state index in [0.717, 1.165) is 28.2 Å². The lowest BCUT2D eigenvalue weighted by Crippen LogP contribution is -2.36. The van der Waals surface area contributed by atoms with Crippen LogP contribution in [0.1, 0.15) is 30.8 Å². The van der Waals surface area contributed by atoms with Crippen LogP contribution in [0.4, 0.5) is 15.0 Å². The van der Waals surface area contributed by atoms with Crippen LogP contribution in [0.5, 0.6) is 5.75 Å². The standard InChI is InChI=1S/C29H34ClFN4O4/c1-4-23-27(21-12-11-20(37-3)15-22(21)30)32-24(5-2)28(33-23)34-25-16-35(17-26(25)38-14-13-31)29(36)39-18-19-9-7-6-8-10-19/h6-12,15,25-26H,4-5,13-14,16-18H2,1-3H3,(H,33,34)/t25-,26+/m1/s1. The molecule has 208 valence electrons. The lowest BCUT2D eigenvalue weighted by atomic mass is 10.1. The topological polar surface area (TPSA) is 85.8 Å². The number of aryl methyl sites for hydroxylation is 2. The van der Waals surface area contributed by atoms with Crippen LogP contribution >= 0.6 is 11.6 Å². The van der Waals surface area contributed by atoms with E-state index >= 15 is 0 Å². The van der Waals surface area contributed by atoms with Gasteiger partial charge in [0.05, 0.1) is 54.5 Å². The molecule has 1 aliphatic rings. The Morgan fingerprint density at radius 3 is 2.54 bits per heavy atom. The number of carbonyl (C=O) groups is 1. The lowest BCUT2D eigenvalue weighted by molar-refractivity contribution is 0.0424. The van der Waals surface area contributed by atoms with E-state index in [-0.39, 0.29) is 25.8 Å². The van der Waals surface area contributed by atoms with E-state index in [1.807, 2.05) is 56.3 Å². The Morgan fingerprint density at radius 1 is 1.10 bits per heavy atom. The zero-order chi connectivity index (χ0) is 27.8. The van der Waals surface area contributed by atoms with Crippen LogP contribution in [0.2, 0.25) is 5.02 Å². The molecule has 0 spiro atoms. The van der Waals surface area contributed by atoms with Crippen molar-refractivity contribution >= 4 is 23.5 Å². The van der Waals surface area contributed by atoms with Crippen LogP contribution in [0.3, 0.4) is 0 Å². The van der Waals surface area contributed by atoms with E-state index in [4.69, 9.17) is 35.8 Å². The highest BCUT2D eigenvalue weighted by Crippen LogP contribution is 2.33. The van der Waals surface area contributed by atoms with E-state index in [0.29, 0.717) is 36.0 Å². The number of carbonyl (C=O) groups excluding carboxylic acids is 1. The minimum Gasteiger partial charge on any atom is -0.497 e. The molecular formula is C29H34ClFN4O4. The molecule has 1 fully saturated rings. The highest BCUT2D eigenvalue weighted by Gasteiger charge is 2.37. The third-order valence-electron chi connectivity index (χ3n) is 6.60. The zero-order valence-electron chi connectivity index (χ0n) is 22.5. The van der Waals surface area contributed by atoms with Gasteiger partial charge in [-0.25, -0.2) is 19.2 Å². The number of nitrogens with one attached hydrogen (secondary N) is 1. The Labute approximate surface area is 233 Å². The van der Waals surface area contributed by atoms with Gasteiger partial charge in [0, 0.05) is 12.1 Å². The van der Waals surface area contributed by atoms with Crippen molar-refractivity contribution in [3.8, 4) is 17.0 Å². The predicted molar refractivity (Wildman–Crippen MR) is 149 cm³/mol. The second-order valence-electron chi connectivity index (χ2n) is 9.16. The highest BCUT2D eigenvalue weighted by atomic mass is 35.5. The van der Waals surface area contributed by atoms with Gasteiger partial charge in [0.15, 0.2) is 0 Å². The summed E-state index contributed by atoms with van der Waals surface area (Å²) >= 11 is 6.56. The number of halogens is 2. The normalized spacial score (nSPS) is 16.8. The van der Waals surface area contributed by atoms with Gasteiger partial charge in [0.25, 0.3) is 0 Å². The maximum Gasteiger partial charge on any atom is 0.410 e. The van der Waals surface area contributed by atoms with Crippen molar-refractivity contribution in [3.05, 3.63) is 70.5 Å². The molecule has 1 amide bonds. The molecule has 3 aromatic rings. The zero-order valence-corrected chi connectivity index (χ0v) is 23.2. The Balaban J connectivity index is 1.55. The number of rotatable bonds is 11. The molecule has 1 saturated heterocycles. The summed E-state index contributed by atoms with van der Waals surface area (Å²) in [5.74, 6) is 1.28. The van der Waals surface area contributed by atoms with Crippen molar-refractivity contribution in [1.29, 1.82) is 0 Å². The Kier molecular flexibility index (Phi) is 9.95. The molecule has 0 saturated carbocycles. The average Bonchev–Trinajstić information content (AvgIpc) is 3.37. The monoisotopic (exact) mass is 556 g/mol. The van der Waals surface area contributed by atoms with Gasteiger partial charge < -0.3 is 24.4 Å². The number of likely N-dealkylation sites (tertiary alicyclic amines) is 1. The summed E-state index contributed by atoms with van der Waals surface area (Å²) in [7, 11) is 1.59. The van der Waals surface area contributed by atoms with E-state index < -0.39 is 18.9 Å². The van der Waals surface area contributed by atoms with Gasteiger partial charge in [-0.3, -0.25) is 0 Å². The Bertz CT molecular complexity index is 1260. The van der Waals surface area contributed by atoms with Gasteiger partial charge in [-0.1, -0.05) is 55.8 Å². The van der Waals surface area contributed by atoms with Crippen molar-refractivity contribution in [2.75, 3.05) is 38.8 Å². The van der Waals surface area contributed by atoms with Gasteiger partial charge in [-0.15, -0.1) is 0 Å². The molecule has 0 aliphatic carbocycles. The SMILES string of the molecule is CCc1nc(-c2ccc(OC)cc2Cl)c(CC)nc1N[C@@H]1CN(C(=O)OCc2ccccc2)C[C@@H]1OCCF. The molecule has 2 atom stereocenters. The second kappa shape index (κ2) is 13.6. The van der Waals surface area contributed by atoms with Crippen molar-refractivity contribution in [2.45, 2.75) is 45.4 Å². The van der Waals surface area contributed by atoms with Gasteiger partial charge in [0.1, 0.15) is 24.8 Å². The maximum absolute atomic E-state index is 13.0. The van der Waals surface area contributed by atoms with Crippen molar-refractivity contribution in [1.82, 2.24) is 14.9 Å². The molecule has 2 aromatic carbocycles. The lowest BCUT2D eigenvalue weighted by Gasteiger charge is -2.22. The van der Waals surface area contributed by atoms with Gasteiger partial charge in [-0.05, 0) is 36.6 Å². The number of hydrogen-bond donors (Lipinski definition) is 1. The van der Waals surface area contributed by atoms with Crippen LogP contribution in [0.25, 0.3) is 11.3 Å². The number of methoxy groups -OCH3 is 1. The van der Waals surface area contributed by atoms with E-state index in [1.165, 1.54) is 0 Å². The second-order valence-corrected chi connectivity index (χ2v) is 9.57. The summed E-state index contributed by atoms with van der Waals surface area (Å²) in [6.07, 6.45) is 0.370. The summed E-state index contributed by atoms with van der Waals surface area (Å²) in [5, 5.41) is 3.97. The average molecular weight is 557 g/mol. The van der Waals surface area contributed by atoms with Gasteiger partial charge in [-0.2, -0.15) is 0 Å². The largest absolute Gasteiger partial charge is 0.497 e. The molecule has 39 heavy (non-hydrogen) atoms. The first-order valence-electron chi connectivity index (χ1n) is 13.1. The number of anilines is 1. The number of hydrogen-bond acceptors (Lipinski definition) is 7. The molecule has 1 aliphatic heterocycles. The molecule has 2 heterocycles. The number of aromatic nitrogens is 2. The quantitative estimate of drug-likeness (QED) is 0.323. The highest BCUT2D eigenvalue weighted by molar-refractivity contribution is 6.33. The number of amides is 1. The Hall–Kier alpha value is -3.43. The summed E-state index contributed by atoms with van der Waals surface area (Å²) in [6.45, 7) is 4.11. The van der Waals surface area contributed by atoms with E-state index in [9.17, 15) is 9.18 Å². The first kappa shape index (κ1) is 28.6. The maximum atomic E-state index is 13.0. The number of benzene rings is 2. The fourth-order valence-corrected chi connectivity index (χ4v) is 4.82. The minimum absolute atomic E-state index is 0.0584. The molecule has 10 heteroatoms. The molecule has 0 radical (unpaired) electrons. The van der Waals surface area contributed by atoms with Crippen LogP contribution in [-0.2, 0) is 28.9 Å². The molecule has 0 bridgehead atoms. The van der Waals surface area contributed by atoms with Crippen LogP contribution < -0.4 is 10.1 Å². The van der Waals surface area contributed by atoms with Crippen LogP contribution in [-0.4, -0.2) is 66.6 Å². The number of ether oxygens (including phenoxy) is 3. The first-order valence-corrected chi connectivity index (χ1v) is 13.5. The van der Waals surface area contributed by atoms with E-state index in [1.54, 1.807) is 18.1 Å². The van der Waals surface area contributed by atoms with Crippen LogP contribution in [0.15, 0.2) is 48.5 Å². The van der Waals surface area contributed by atoms with Crippen molar-refractivity contribution in [2.24, 2.45) is 0 Å². The summed E-state index contributed by atoms with van der Waals surface area (Å²) in [6, 6.07) is 14.7. The van der Waals surface area contributed by atoms with Crippen LogP contribution in [0, 0.1) is 0 Å². The molecule has 1 aromatic heterocycles.